The Morgan fingerprint density at radius 1 is 1.32 bits per heavy atom. The highest BCUT2D eigenvalue weighted by Gasteiger charge is 2.27. The number of benzene rings is 1. The third-order valence-electron chi connectivity index (χ3n) is 3.61. The van der Waals surface area contributed by atoms with Gasteiger partial charge in [0.05, 0.1) is 12.1 Å². The molecular weight excluding hydrogens is 280 g/mol. The van der Waals surface area contributed by atoms with Crippen LogP contribution in [0.3, 0.4) is 0 Å². The van der Waals surface area contributed by atoms with Crippen molar-refractivity contribution < 1.29 is 9.59 Å². The van der Waals surface area contributed by atoms with Gasteiger partial charge in [-0.2, -0.15) is 0 Å². The average molecular weight is 296 g/mol. The van der Waals surface area contributed by atoms with Gasteiger partial charge in [-0.3, -0.25) is 9.59 Å². The van der Waals surface area contributed by atoms with Gasteiger partial charge in [-0.1, -0.05) is 0 Å². The van der Waals surface area contributed by atoms with Crippen molar-refractivity contribution in [1.29, 1.82) is 0 Å². The summed E-state index contributed by atoms with van der Waals surface area (Å²) in [7, 11) is 0. The predicted octanol–water partition coefficient (Wildman–Crippen LogP) is 1.79. The maximum atomic E-state index is 12.3. The summed E-state index contributed by atoms with van der Waals surface area (Å²) in [6.45, 7) is 1.95. The van der Waals surface area contributed by atoms with E-state index in [4.69, 9.17) is 5.73 Å². The second-order valence-corrected chi connectivity index (χ2v) is 5.12. The fourth-order valence-corrected chi connectivity index (χ4v) is 2.54. The SMILES string of the molecule is C/C(=C1\C(=O)Nc2ccc(NCC(N)=O)cc21)c1ccc[nH]1. The Morgan fingerprint density at radius 3 is 2.82 bits per heavy atom. The fraction of sp³-hybridized carbons (Fsp3) is 0.125. The van der Waals surface area contributed by atoms with Crippen LogP contribution in [-0.4, -0.2) is 23.3 Å². The number of H-pyrrole nitrogens is 1. The number of carbonyl (C=O) groups is 2. The zero-order valence-electron chi connectivity index (χ0n) is 12.1. The second-order valence-electron chi connectivity index (χ2n) is 5.12. The van der Waals surface area contributed by atoms with E-state index in [-0.39, 0.29) is 12.5 Å². The largest absolute Gasteiger partial charge is 0.376 e. The Balaban J connectivity index is 2.02. The molecule has 0 fully saturated rings. The van der Waals surface area contributed by atoms with E-state index in [0.717, 1.165) is 28.2 Å². The molecule has 6 heteroatoms. The van der Waals surface area contributed by atoms with Crippen LogP contribution in [0.25, 0.3) is 11.1 Å². The maximum absolute atomic E-state index is 12.3. The number of nitrogens with one attached hydrogen (secondary N) is 3. The lowest BCUT2D eigenvalue weighted by Gasteiger charge is -2.08. The Labute approximate surface area is 127 Å². The summed E-state index contributed by atoms with van der Waals surface area (Å²) in [5.41, 5.74) is 9.84. The van der Waals surface area contributed by atoms with E-state index >= 15 is 0 Å². The number of allylic oxidation sites excluding steroid dienone is 1. The van der Waals surface area contributed by atoms with Crippen LogP contribution in [0.4, 0.5) is 11.4 Å². The minimum absolute atomic E-state index is 0.0504. The molecule has 22 heavy (non-hydrogen) atoms. The maximum Gasteiger partial charge on any atom is 0.256 e. The van der Waals surface area contributed by atoms with Gasteiger partial charge in [-0.25, -0.2) is 0 Å². The summed E-state index contributed by atoms with van der Waals surface area (Å²) in [4.78, 5) is 26.2. The molecule has 3 rings (SSSR count). The predicted molar refractivity (Wildman–Crippen MR) is 86.0 cm³/mol. The van der Waals surface area contributed by atoms with E-state index in [1.165, 1.54) is 0 Å². The molecule has 5 N–H and O–H groups in total. The number of anilines is 2. The first-order chi connectivity index (χ1) is 10.6. The van der Waals surface area contributed by atoms with Gasteiger partial charge >= 0.3 is 0 Å². The number of fused-ring (bicyclic) bond motifs is 1. The first kappa shape index (κ1) is 13.9. The van der Waals surface area contributed by atoms with Crippen molar-refractivity contribution in [3.8, 4) is 0 Å². The molecule has 1 aromatic heterocycles. The van der Waals surface area contributed by atoms with Gasteiger partial charge < -0.3 is 21.4 Å². The molecule has 0 unspecified atom stereocenters. The van der Waals surface area contributed by atoms with Gasteiger partial charge in [0.25, 0.3) is 5.91 Å². The molecule has 0 saturated carbocycles. The number of carbonyl (C=O) groups excluding carboxylic acids is 2. The molecule has 1 aromatic carbocycles. The Hall–Kier alpha value is -3.02. The van der Waals surface area contributed by atoms with Gasteiger partial charge in [0.1, 0.15) is 0 Å². The van der Waals surface area contributed by atoms with Gasteiger partial charge in [0, 0.05) is 28.8 Å². The van der Waals surface area contributed by atoms with E-state index in [2.05, 4.69) is 15.6 Å². The average Bonchev–Trinajstić information content (AvgIpc) is 3.11. The van der Waals surface area contributed by atoms with Crippen LogP contribution in [0.15, 0.2) is 36.5 Å². The number of aromatic nitrogens is 1. The number of nitrogens with two attached hydrogens (primary N) is 1. The monoisotopic (exact) mass is 296 g/mol. The molecule has 0 atom stereocenters. The van der Waals surface area contributed by atoms with Crippen molar-refractivity contribution in [3.63, 3.8) is 0 Å². The first-order valence-corrected chi connectivity index (χ1v) is 6.89. The molecule has 1 aliphatic heterocycles. The summed E-state index contributed by atoms with van der Waals surface area (Å²) in [6.07, 6.45) is 1.82. The molecule has 112 valence electrons. The van der Waals surface area contributed by atoms with Crippen LogP contribution in [0, 0.1) is 0 Å². The van der Waals surface area contributed by atoms with Crippen molar-refractivity contribution >= 4 is 34.3 Å². The summed E-state index contributed by atoms with van der Waals surface area (Å²) >= 11 is 0. The van der Waals surface area contributed by atoms with Crippen molar-refractivity contribution in [2.24, 2.45) is 5.73 Å². The summed E-state index contributed by atoms with van der Waals surface area (Å²) < 4.78 is 0. The molecule has 1 aliphatic rings. The van der Waals surface area contributed by atoms with Gasteiger partial charge in [0.2, 0.25) is 5.91 Å². The van der Waals surface area contributed by atoms with Crippen LogP contribution < -0.4 is 16.4 Å². The molecule has 0 saturated heterocycles. The van der Waals surface area contributed by atoms with Crippen LogP contribution in [0.1, 0.15) is 18.2 Å². The van der Waals surface area contributed by atoms with Crippen molar-refractivity contribution in [3.05, 3.63) is 47.8 Å². The Bertz CT molecular complexity index is 775. The number of hydrogen-bond donors (Lipinski definition) is 4. The van der Waals surface area contributed by atoms with Gasteiger partial charge in [0.15, 0.2) is 0 Å². The summed E-state index contributed by atoms with van der Waals surface area (Å²) in [5, 5.41) is 5.79. The number of hydrogen-bond acceptors (Lipinski definition) is 3. The second kappa shape index (κ2) is 5.40. The smallest absolute Gasteiger partial charge is 0.256 e. The van der Waals surface area contributed by atoms with Crippen LogP contribution in [0.5, 0.6) is 0 Å². The van der Waals surface area contributed by atoms with Crippen molar-refractivity contribution in [2.45, 2.75) is 6.92 Å². The van der Waals surface area contributed by atoms with E-state index < -0.39 is 5.91 Å². The quantitative estimate of drug-likeness (QED) is 0.647. The van der Waals surface area contributed by atoms with Crippen molar-refractivity contribution in [2.75, 3.05) is 17.2 Å². The van der Waals surface area contributed by atoms with Crippen LogP contribution >= 0.6 is 0 Å². The third kappa shape index (κ3) is 2.46. The summed E-state index contributed by atoms with van der Waals surface area (Å²) in [6, 6.07) is 9.26. The minimum atomic E-state index is -0.437. The molecule has 0 spiro atoms. The topological polar surface area (TPSA) is 100 Å². The van der Waals surface area contributed by atoms with E-state index in [0.29, 0.717) is 5.57 Å². The molecular formula is C16H16N4O2. The van der Waals surface area contributed by atoms with Crippen LogP contribution in [0.2, 0.25) is 0 Å². The Kier molecular flexibility index (Phi) is 3.42. The number of amides is 2. The molecule has 6 nitrogen and oxygen atoms in total. The first-order valence-electron chi connectivity index (χ1n) is 6.89. The number of primary amides is 1. The lowest BCUT2D eigenvalue weighted by atomic mass is 9.99. The lowest BCUT2D eigenvalue weighted by Crippen LogP contribution is -2.21. The lowest BCUT2D eigenvalue weighted by molar-refractivity contribution is -0.116. The standard InChI is InChI=1S/C16H16N4O2/c1-9(12-3-2-6-18-12)15-11-7-10(19-8-14(17)21)4-5-13(11)20-16(15)22/h2-7,18-19H,8H2,1H3,(H2,17,21)(H,20,22)/b15-9+. The van der Waals surface area contributed by atoms with E-state index in [9.17, 15) is 9.59 Å². The van der Waals surface area contributed by atoms with Gasteiger partial charge in [-0.15, -0.1) is 0 Å². The highest BCUT2D eigenvalue weighted by atomic mass is 16.2. The van der Waals surface area contributed by atoms with Crippen molar-refractivity contribution in [1.82, 2.24) is 4.98 Å². The minimum Gasteiger partial charge on any atom is -0.376 e. The molecule has 0 aliphatic carbocycles. The van der Waals surface area contributed by atoms with Gasteiger partial charge in [-0.05, 0) is 42.8 Å². The van der Waals surface area contributed by atoms with Crippen LogP contribution in [-0.2, 0) is 9.59 Å². The third-order valence-corrected chi connectivity index (χ3v) is 3.61. The van der Waals surface area contributed by atoms with E-state index in [1.54, 1.807) is 6.07 Å². The molecule has 2 amide bonds. The molecule has 2 heterocycles. The highest BCUT2D eigenvalue weighted by Crippen LogP contribution is 2.37. The zero-order valence-corrected chi connectivity index (χ0v) is 12.1. The number of aromatic amines is 1. The molecule has 0 radical (unpaired) electrons. The van der Waals surface area contributed by atoms with E-state index in [1.807, 2.05) is 37.4 Å². The zero-order chi connectivity index (χ0) is 15.7. The normalized spacial score (nSPS) is 15.2. The fourth-order valence-electron chi connectivity index (χ4n) is 2.54. The highest BCUT2D eigenvalue weighted by molar-refractivity contribution is 6.36. The summed E-state index contributed by atoms with van der Waals surface area (Å²) in [5.74, 6) is -0.567. The molecule has 2 aromatic rings. The number of rotatable bonds is 4. The Morgan fingerprint density at radius 2 is 2.14 bits per heavy atom. The molecule has 0 bridgehead atoms.